The second-order valence-corrected chi connectivity index (χ2v) is 6.44. The van der Waals surface area contributed by atoms with Gasteiger partial charge in [-0.2, -0.15) is 0 Å². The van der Waals surface area contributed by atoms with Crippen LogP contribution in [-0.2, 0) is 10.2 Å². The molecule has 0 saturated heterocycles. The zero-order chi connectivity index (χ0) is 12.6. The molecule has 1 amide bonds. The molecule has 0 aliphatic heterocycles. The van der Waals surface area contributed by atoms with E-state index in [1.807, 2.05) is 11.8 Å². The maximum Gasteiger partial charge on any atom is 0.228 e. The summed E-state index contributed by atoms with van der Waals surface area (Å²) in [7, 11) is 0. The molecule has 0 aromatic carbocycles. The highest BCUT2D eigenvalue weighted by Gasteiger charge is 2.35. The van der Waals surface area contributed by atoms with Gasteiger partial charge in [-0.1, -0.05) is 39.0 Å². The lowest BCUT2D eigenvalue weighted by molar-refractivity contribution is -0.118. The summed E-state index contributed by atoms with van der Waals surface area (Å²) in [5, 5.41) is 10.2. The van der Waals surface area contributed by atoms with Crippen LogP contribution in [0, 0.1) is 0 Å². The summed E-state index contributed by atoms with van der Waals surface area (Å²) < 4.78 is 0. The van der Waals surface area contributed by atoms with Gasteiger partial charge in [-0.3, -0.25) is 9.69 Å². The summed E-state index contributed by atoms with van der Waals surface area (Å²) >= 11 is 1.54. The third kappa shape index (κ3) is 2.65. The number of hydrogen-bond acceptors (Lipinski definition) is 4. The van der Waals surface area contributed by atoms with Crippen molar-refractivity contribution in [1.29, 1.82) is 0 Å². The second kappa shape index (κ2) is 4.37. The Bertz CT molecular complexity index is 418. The number of hydrogen-bond donors (Lipinski definition) is 0. The lowest BCUT2D eigenvalue weighted by Crippen LogP contribution is -2.32. The Kier molecular flexibility index (Phi) is 3.21. The number of nitrogens with zero attached hydrogens (tertiary/aromatic N) is 3. The van der Waals surface area contributed by atoms with Crippen molar-refractivity contribution >= 4 is 22.4 Å². The van der Waals surface area contributed by atoms with Crippen molar-refractivity contribution in [1.82, 2.24) is 10.2 Å². The number of carbonyl (C=O) groups is 1. The number of anilines is 1. The van der Waals surface area contributed by atoms with Crippen molar-refractivity contribution in [2.45, 2.75) is 58.4 Å². The van der Waals surface area contributed by atoms with Crippen molar-refractivity contribution in [3.63, 3.8) is 0 Å². The fourth-order valence-electron chi connectivity index (χ4n) is 1.59. The maximum absolute atomic E-state index is 11.9. The third-order valence-corrected chi connectivity index (χ3v) is 4.09. The smallest absolute Gasteiger partial charge is 0.228 e. The van der Waals surface area contributed by atoms with Crippen LogP contribution in [-0.4, -0.2) is 22.1 Å². The molecule has 0 N–H and O–H groups in total. The van der Waals surface area contributed by atoms with Crippen LogP contribution in [0.4, 0.5) is 5.13 Å². The molecule has 0 radical (unpaired) electrons. The van der Waals surface area contributed by atoms with Crippen LogP contribution < -0.4 is 4.90 Å². The second-order valence-electron chi connectivity index (χ2n) is 5.49. The van der Waals surface area contributed by atoms with Crippen LogP contribution in [0.3, 0.4) is 0 Å². The van der Waals surface area contributed by atoms with E-state index in [4.69, 9.17) is 0 Å². The van der Waals surface area contributed by atoms with Crippen LogP contribution in [0.2, 0.25) is 0 Å². The Morgan fingerprint density at radius 1 is 1.41 bits per heavy atom. The van der Waals surface area contributed by atoms with Crippen LogP contribution in [0.25, 0.3) is 0 Å². The summed E-state index contributed by atoms with van der Waals surface area (Å²) in [5.41, 5.74) is 0.000397. The van der Waals surface area contributed by atoms with Gasteiger partial charge in [0.2, 0.25) is 11.0 Å². The minimum Gasteiger partial charge on any atom is -0.284 e. The fraction of sp³-hybridized carbons (Fsp3) is 0.750. The quantitative estimate of drug-likeness (QED) is 0.832. The Labute approximate surface area is 106 Å². The molecular weight excluding hydrogens is 234 g/mol. The topological polar surface area (TPSA) is 46.1 Å². The van der Waals surface area contributed by atoms with Gasteiger partial charge < -0.3 is 0 Å². The molecule has 0 unspecified atom stereocenters. The van der Waals surface area contributed by atoms with Crippen LogP contribution >= 0.6 is 11.3 Å². The number of carbonyl (C=O) groups excluding carboxylic acids is 1. The molecule has 94 valence electrons. The monoisotopic (exact) mass is 253 g/mol. The normalized spacial score (nSPS) is 16.0. The van der Waals surface area contributed by atoms with Gasteiger partial charge in [-0.15, -0.1) is 10.2 Å². The molecule has 1 fully saturated rings. The summed E-state index contributed by atoms with van der Waals surface area (Å²) in [6.07, 6.45) is 2.72. The van der Waals surface area contributed by atoms with Crippen LogP contribution in [0.5, 0.6) is 0 Å². The van der Waals surface area contributed by atoms with E-state index >= 15 is 0 Å². The van der Waals surface area contributed by atoms with Crippen molar-refractivity contribution < 1.29 is 4.79 Å². The molecule has 0 atom stereocenters. The Hall–Kier alpha value is -0.970. The summed E-state index contributed by atoms with van der Waals surface area (Å²) in [4.78, 5) is 13.8. The molecule has 1 aromatic heterocycles. The minimum atomic E-state index is 0.000397. The van der Waals surface area contributed by atoms with Gasteiger partial charge in [0.05, 0.1) is 0 Å². The average molecular weight is 253 g/mol. The Morgan fingerprint density at radius 2 is 2.06 bits per heavy atom. The van der Waals surface area contributed by atoms with Crippen molar-refractivity contribution in [3.05, 3.63) is 5.01 Å². The number of aromatic nitrogens is 2. The van der Waals surface area contributed by atoms with Gasteiger partial charge >= 0.3 is 0 Å². The van der Waals surface area contributed by atoms with Gasteiger partial charge in [-0.05, 0) is 12.8 Å². The first-order chi connectivity index (χ1) is 7.93. The molecule has 0 bridgehead atoms. The zero-order valence-electron chi connectivity index (χ0n) is 10.9. The molecule has 0 spiro atoms. The lowest BCUT2D eigenvalue weighted by Gasteiger charge is -2.18. The molecule has 17 heavy (non-hydrogen) atoms. The first-order valence-electron chi connectivity index (χ1n) is 6.09. The molecule has 2 rings (SSSR count). The standard InChI is InChI=1S/C12H19N3OS/c1-5-9(16)15(8-6-7-8)11-14-13-10(17-11)12(2,3)4/h8H,5-7H2,1-4H3. The highest BCUT2D eigenvalue weighted by molar-refractivity contribution is 7.15. The number of rotatable bonds is 3. The molecule has 5 heteroatoms. The highest BCUT2D eigenvalue weighted by atomic mass is 32.1. The zero-order valence-corrected chi connectivity index (χ0v) is 11.7. The van der Waals surface area contributed by atoms with E-state index in [1.54, 1.807) is 11.3 Å². The molecular formula is C12H19N3OS. The van der Waals surface area contributed by atoms with Gasteiger partial charge in [0.25, 0.3) is 0 Å². The SMILES string of the molecule is CCC(=O)N(c1nnc(C(C)(C)C)s1)C1CC1. The van der Waals surface area contributed by atoms with Crippen LogP contribution in [0.1, 0.15) is 52.0 Å². The summed E-state index contributed by atoms with van der Waals surface area (Å²) in [6.45, 7) is 8.23. The molecule has 1 aromatic rings. The Morgan fingerprint density at radius 3 is 2.47 bits per heavy atom. The van der Waals surface area contributed by atoms with E-state index < -0.39 is 0 Å². The van der Waals surface area contributed by atoms with E-state index in [0.717, 1.165) is 23.0 Å². The minimum absolute atomic E-state index is 0.000397. The molecule has 1 aliphatic carbocycles. The fourth-order valence-corrected chi connectivity index (χ4v) is 2.58. The van der Waals surface area contributed by atoms with E-state index in [9.17, 15) is 4.79 Å². The van der Waals surface area contributed by atoms with E-state index in [0.29, 0.717) is 12.5 Å². The molecule has 1 aliphatic rings. The lowest BCUT2D eigenvalue weighted by atomic mass is 9.98. The van der Waals surface area contributed by atoms with Crippen LogP contribution in [0.15, 0.2) is 0 Å². The molecule has 4 nitrogen and oxygen atoms in total. The average Bonchev–Trinajstić information content (AvgIpc) is 2.93. The van der Waals surface area contributed by atoms with Gasteiger partial charge in [0.1, 0.15) is 5.01 Å². The van der Waals surface area contributed by atoms with Crippen molar-refractivity contribution in [2.24, 2.45) is 0 Å². The first-order valence-corrected chi connectivity index (χ1v) is 6.91. The predicted octanol–water partition coefficient (Wildman–Crippen LogP) is 2.74. The van der Waals surface area contributed by atoms with Gasteiger partial charge in [0, 0.05) is 17.9 Å². The number of amides is 1. The van der Waals surface area contributed by atoms with Gasteiger partial charge in [0.15, 0.2) is 0 Å². The van der Waals surface area contributed by atoms with E-state index in [1.165, 1.54) is 0 Å². The molecule has 1 saturated carbocycles. The summed E-state index contributed by atoms with van der Waals surface area (Å²) in [5.74, 6) is 0.157. The third-order valence-electron chi connectivity index (χ3n) is 2.75. The van der Waals surface area contributed by atoms with Crippen molar-refractivity contribution in [3.8, 4) is 0 Å². The first kappa shape index (κ1) is 12.5. The van der Waals surface area contributed by atoms with E-state index in [-0.39, 0.29) is 11.3 Å². The Balaban J connectivity index is 2.25. The van der Waals surface area contributed by atoms with Crippen molar-refractivity contribution in [2.75, 3.05) is 4.90 Å². The molecule has 1 heterocycles. The van der Waals surface area contributed by atoms with Gasteiger partial charge in [-0.25, -0.2) is 0 Å². The summed E-state index contributed by atoms with van der Waals surface area (Å²) in [6, 6.07) is 0.364. The maximum atomic E-state index is 11.9. The predicted molar refractivity (Wildman–Crippen MR) is 69.4 cm³/mol. The largest absolute Gasteiger partial charge is 0.284 e. The highest BCUT2D eigenvalue weighted by Crippen LogP contribution is 2.36. The van der Waals surface area contributed by atoms with E-state index in [2.05, 4.69) is 31.0 Å².